The van der Waals surface area contributed by atoms with Crippen LogP contribution in [0.3, 0.4) is 0 Å². The van der Waals surface area contributed by atoms with Gasteiger partial charge in [0.1, 0.15) is 17.3 Å². The first-order valence-corrected chi connectivity index (χ1v) is 12.1. The summed E-state index contributed by atoms with van der Waals surface area (Å²) in [6.07, 6.45) is 16.1. The number of carbonyl (C=O) groups excluding carboxylic acids is 1. The van der Waals surface area contributed by atoms with Gasteiger partial charge in [0.15, 0.2) is 0 Å². The minimum Gasteiger partial charge on any atom is -0.456 e. The molecule has 2 saturated heterocycles. The first kappa shape index (κ1) is 23.3. The fraction of sp³-hybridized carbons (Fsp3) is 0.731. The van der Waals surface area contributed by atoms with Crippen LogP contribution in [0.5, 0.6) is 0 Å². The number of ether oxygens (including phenoxy) is 1. The van der Waals surface area contributed by atoms with Crippen molar-refractivity contribution in [1.29, 1.82) is 0 Å². The van der Waals surface area contributed by atoms with Crippen molar-refractivity contribution < 1.29 is 19.3 Å². The Balaban J connectivity index is 1.15. The van der Waals surface area contributed by atoms with Crippen molar-refractivity contribution in [3.8, 4) is 0 Å². The molecule has 4 heteroatoms. The Morgan fingerprint density at radius 1 is 0.867 bits per heavy atom. The van der Waals surface area contributed by atoms with Gasteiger partial charge in [-0.2, -0.15) is 0 Å². The van der Waals surface area contributed by atoms with Gasteiger partial charge >= 0.3 is 5.97 Å². The Labute approximate surface area is 182 Å². The van der Waals surface area contributed by atoms with Crippen LogP contribution < -0.4 is 0 Å². The van der Waals surface area contributed by atoms with E-state index in [4.69, 9.17) is 14.5 Å². The van der Waals surface area contributed by atoms with Crippen LogP contribution >= 0.6 is 0 Å². The number of hydrogen-bond donors (Lipinski definition) is 0. The largest absolute Gasteiger partial charge is 0.456 e. The Morgan fingerprint density at radius 3 is 2.13 bits per heavy atom. The lowest BCUT2D eigenvalue weighted by atomic mass is 9.82. The predicted molar refractivity (Wildman–Crippen MR) is 119 cm³/mol. The van der Waals surface area contributed by atoms with Gasteiger partial charge in [-0.1, -0.05) is 88.1 Å². The zero-order valence-corrected chi connectivity index (χ0v) is 19.0. The summed E-state index contributed by atoms with van der Waals surface area (Å²) in [6.45, 7) is 4.06. The first-order valence-electron chi connectivity index (χ1n) is 12.1. The van der Waals surface area contributed by atoms with Crippen LogP contribution in [0.4, 0.5) is 0 Å². The first-order chi connectivity index (χ1) is 14.5. The molecule has 2 fully saturated rings. The summed E-state index contributed by atoms with van der Waals surface area (Å²) >= 11 is 0. The molecule has 2 aliphatic rings. The molecule has 0 amide bonds. The van der Waals surface area contributed by atoms with E-state index in [-0.39, 0.29) is 17.7 Å². The van der Waals surface area contributed by atoms with Crippen molar-refractivity contribution in [2.75, 3.05) is 0 Å². The van der Waals surface area contributed by atoms with Gasteiger partial charge in [0.2, 0.25) is 0 Å². The molecule has 0 spiro atoms. The van der Waals surface area contributed by atoms with Crippen molar-refractivity contribution in [3.05, 3.63) is 35.9 Å². The highest BCUT2D eigenvalue weighted by Gasteiger charge is 2.55. The molecule has 3 atom stereocenters. The SMILES string of the molecule is C[C@]1(CCCCCCCCCCCCc2ccccc2)C[C@@]2(C)OC(=O)C[C@H]2OO1. The van der Waals surface area contributed by atoms with Crippen LogP contribution in [0.1, 0.15) is 103 Å². The molecule has 0 unspecified atom stereocenters. The monoisotopic (exact) mass is 416 g/mol. The van der Waals surface area contributed by atoms with E-state index < -0.39 is 5.60 Å². The number of hydrogen-bond acceptors (Lipinski definition) is 4. The van der Waals surface area contributed by atoms with Gasteiger partial charge in [0.25, 0.3) is 0 Å². The number of unbranched alkanes of at least 4 members (excludes halogenated alkanes) is 9. The summed E-state index contributed by atoms with van der Waals surface area (Å²) in [5, 5.41) is 0. The van der Waals surface area contributed by atoms with Gasteiger partial charge in [0, 0.05) is 6.42 Å². The average molecular weight is 417 g/mol. The molecule has 2 aliphatic heterocycles. The maximum atomic E-state index is 11.6. The second kappa shape index (κ2) is 11.3. The van der Waals surface area contributed by atoms with Crippen LogP contribution in [0.2, 0.25) is 0 Å². The molecular weight excluding hydrogens is 376 g/mol. The van der Waals surface area contributed by atoms with E-state index in [2.05, 4.69) is 37.3 Å². The van der Waals surface area contributed by atoms with Crippen LogP contribution in [-0.4, -0.2) is 23.3 Å². The van der Waals surface area contributed by atoms with E-state index in [1.165, 1.54) is 69.8 Å². The Kier molecular flexibility index (Phi) is 8.76. The summed E-state index contributed by atoms with van der Waals surface area (Å²) in [5.74, 6) is -0.174. The van der Waals surface area contributed by atoms with E-state index in [0.29, 0.717) is 6.42 Å². The molecule has 0 N–H and O–H groups in total. The van der Waals surface area contributed by atoms with Gasteiger partial charge < -0.3 is 4.74 Å². The fourth-order valence-corrected chi connectivity index (χ4v) is 4.98. The summed E-state index contributed by atoms with van der Waals surface area (Å²) in [7, 11) is 0. The smallest absolute Gasteiger partial charge is 0.309 e. The van der Waals surface area contributed by atoms with Crippen LogP contribution in [0.25, 0.3) is 0 Å². The topological polar surface area (TPSA) is 44.8 Å². The number of rotatable bonds is 13. The van der Waals surface area contributed by atoms with E-state index in [1.54, 1.807) is 0 Å². The lowest BCUT2D eigenvalue weighted by Gasteiger charge is -2.43. The molecule has 0 aromatic heterocycles. The van der Waals surface area contributed by atoms with Gasteiger partial charge in [-0.25, -0.2) is 9.78 Å². The minimum absolute atomic E-state index is 0.174. The third-order valence-electron chi connectivity index (χ3n) is 6.73. The highest BCUT2D eigenvalue weighted by molar-refractivity contribution is 5.73. The number of esters is 1. The highest BCUT2D eigenvalue weighted by atomic mass is 17.2. The van der Waals surface area contributed by atoms with Gasteiger partial charge in [-0.3, -0.25) is 4.79 Å². The third-order valence-corrected chi connectivity index (χ3v) is 6.73. The Hall–Kier alpha value is -1.39. The normalized spacial score (nSPS) is 28.3. The molecule has 0 saturated carbocycles. The zero-order valence-electron chi connectivity index (χ0n) is 19.0. The van der Waals surface area contributed by atoms with Crippen molar-refractivity contribution in [2.45, 2.75) is 121 Å². The van der Waals surface area contributed by atoms with Crippen molar-refractivity contribution >= 4 is 5.97 Å². The van der Waals surface area contributed by atoms with Crippen LogP contribution in [0.15, 0.2) is 30.3 Å². The summed E-state index contributed by atoms with van der Waals surface area (Å²) < 4.78 is 5.53. The number of aryl methyl sites for hydroxylation is 1. The molecule has 2 heterocycles. The Bertz CT molecular complexity index is 646. The summed E-state index contributed by atoms with van der Waals surface area (Å²) in [6, 6.07) is 10.8. The van der Waals surface area contributed by atoms with E-state index in [9.17, 15) is 4.79 Å². The van der Waals surface area contributed by atoms with E-state index in [1.807, 2.05) is 6.92 Å². The minimum atomic E-state index is -0.523. The lowest BCUT2D eigenvalue weighted by Crippen LogP contribution is -2.51. The van der Waals surface area contributed by atoms with E-state index >= 15 is 0 Å². The van der Waals surface area contributed by atoms with E-state index in [0.717, 1.165) is 19.3 Å². The number of carbonyl (C=O) groups is 1. The quantitative estimate of drug-likeness (QED) is 0.204. The molecule has 0 radical (unpaired) electrons. The standard InChI is InChI=1S/C26H40O4/c1-25(21-26(2)23(29-30-25)20-24(27)28-26)19-15-10-8-6-4-3-5-7-9-12-16-22-17-13-11-14-18-22/h11,13-14,17-18,23H,3-10,12,15-16,19-21H2,1-2H3/t23-,25+,26-/m1/s1. The second-order valence-electron chi connectivity index (χ2n) is 9.81. The maximum absolute atomic E-state index is 11.6. The maximum Gasteiger partial charge on any atom is 0.309 e. The Morgan fingerprint density at radius 2 is 1.47 bits per heavy atom. The lowest BCUT2D eigenvalue weighted by molar-refractivity contribution is -0.428. The van der Waals surface area contributed by atoms with Gasteiger partial charge in [-0.15, -0.1) is 0 Å². The average Bonchev–Trinajstić information content (AvgIpc) is 3.02. The fourth-order valence-electron chi connectivity index (χ4n) is 4.98. The van der Waals surface area contributed by atoms with Gasteiger partial charge in [-0.05, 0) is 38.7 Å². The summed E-state index contributed by atoms with van der Waals surface area (Å²) in [5.41, 5.74) is 0.593. The number of benzene rings is 1. The van der Waals surface area contributed by atoms with Crippen molar-refractivity contribution in [2.24, 2.45) is 0 Å². The van der Waals surface area contributed by atoms with Crippen LogP contribution in [-0.2, 0) is 25.7 Å². The molecule has 3 rings (SSSR count). The molecule has 0 aliphatic carbocycles. The third kappa shape index (κ3) is 7.09. The molecule has 30 heavy (non-hydrogen) atoms. The highest BCUT2D eigenvalue weighted by Crippen LogP contribution is 2.44. The van der Waals surface area contributed by atoms with Gasteiger partial charge in [0.05, 0.1) is 6.42 Å². The van der Waals surface area contributed by atoms with Crippen molar-refractivity contribution in [1.82, 2.24) is 0 Å². The molecule has 1 aromatic carbocycles. The molecular formula is C26H40O4. The molecule has 168 valence electrons. The zero-order chi connectivity index (χ0) is 21.3. The molecule has 1 aromatic rings. The van der Waals surface area contributed by atoms with Crippen LogP contribution in [0, 0.1) is 0 Å². The van der Waals surface area contributed by atoms with Crippen molar-refractivity contribution in [3.63, 3.8) is 0 Å². The molecule has 4 nitrogen and oxygen atoms in total. The molecule has 0 bridgehead atoms. The predicted octanol–water partition coefficient (Wildman–Crippen LogP) is 6.71. The summed E-state index contributed by atoms with van der Waals surface area (Å²) in [4.78, 5) is 22.8. The second-order valence-corrected chi connectivity index (χ2v) is 9.81. The number of fused-ring (bicyclic) bond motifs is 1.